The number of hydrogen-bond donors (Lipinski definition) is 2. The van der Waals surface area contributed by atoms with Crippen LogP contribution in [0, 0.1) is 5.92 Å². The van der Waals surface area contributed by atoms with Gasteiger partial charge < -0.3 is 11.1 Å². The molecule has 2 heterocycles. The molecule has 0 spiro atoms. The van der Waals surface area contributed by atoms with E-state index in [0.717, 1.165) is 12.0 Å². The van der Waals surface area contributed by atoms with Gasteiger partial charge in [-0.15, -0.1) is 11.3 Å². The Morgan fingerprint density at radius 1 is 1.50 bits per heavy atom. The first kappa shape index (κ1) is 14.5. The maximum Gasteiger partial charge on any atom is 0.271 e. The van der Waals surface area contributed by atoms with E-state index >= 15 is 0 Å². The average molecular weight is 290 g/mol. The molecular weight excluding hydrogens is 272 g/mol. The van der Waals surface area contributed by atoms with E-state index in [1.165, 1.54) is 11.3 Å². The van der Waals surface area contributed by atoms with Gasteiger partial charge in [0.05, 0.1) is 6.04 Å². The molecule has 0 fully saturated rings. The highest BCUT2D eigenvalue weighted by molar-refractivity contribution is 7.13. The predicted molar refractivity (Wildman–Crippen MR) is 80.4 cm³/mol. The summed E-state index contributed by atoms with van der Waals surface area (Å²) >= 11 is 1.26. The lowest BCUT2D eigenvalue weighted by molar-refractivity contribution is 0.0927. The van der Waals surface area contributed by atoms with Gasteiger partial charge in [-0.3, -0.25) is 9.78 Å². The van der Waals surface area contributed by atoms with Crippen LogP contribution in [0.15, 0.2) is 29.9 Å². The van der Waals surface area contributed by atoms with Crippen LogP contribution in [-0.2, 0) is 0 Å². The van der Waals surface area contributed by atoms with Crippen molar-refractivity contribution in [3.8, 4) is 0 Å². The van der Waals surface area contributed by atoms with Gasteiger partial charge in [-0.2, -0.15) is 0 Å². The number of nitrogens with one attached hydrogen (secondary N) is 1. The second-order valence-corrected chi connectivity index (χ2v) is 5.90. The molecule has 0 radical (unpaired) electrons. The third-order valence-corrected chi connectivity index (χ3v) is 3.53. The Morgan fingerprint density at radius 3 is 2.85 bits per heavy atom. The molecule has 0 aliphatic carbocycles. The zero-order valence-corrected chi connectivity index (χ0v) is 12.4. The molecule has 0 aliphatic rings. The molecule has 0 bridgehead atoms. The van der Waals surface area contributed by atoms with E-state index in [-0.39, 0.29) is 11.9 Å². The maximum absolute atomic E-state index is 12.2. The SMILES string of the molecule is CC(C)C[C@@H](NC(=O)c1csc(N)n1)c1cccnc1. The molecule has 6 heteroatoms. The van der Waals surface area contributed by atoms with E-state index < -0.39 is 0 Å². The maximum atomic E-state index is 12.2. The van der Waals surface area contributed by atoms with Crippen LogP contribution in [0.2, 0.25) is 0 Å². The minimum absolute atomic E-state index is 0.0703. The summed E-state index contributed by atoms with van der Waals surface area (Å²) in [5.41, 5.74) is 6.92. The predicted octanol–water partition coefficient (Wildman–Crippen LogP) is 2.64. The minimum atomic E-state index is -0.201. The third-order valence-electron chi connectivity index (χ3n) is 2.85. The lowest BCUT2D eigenvalue weighted by Gasteiger charge is -2.20. The Bertz CT molecular complexity index is 568. The fraction of sp³-hybridized carbons (Fsp3) is 0.357. The summed E-state index contributed by atoms with van der Waals surface area (Å²) in [5.74, 6) is 0.258. The van der Waals surface area contributed by atoms with E-state index in [9.17, 15) is 4.79 Å². The largest absolute Gasteiger partial charge is 0.375 e. The lowest BCUT2D eigenvalue weighted by atomic mass is 9.98. The zero-order valence-electron chi connectivity index (χ0n) is 11.5. The molecule has 5 nitrogen and oxygen atoms in total. The van der Waals surface area contributed by atoms with Gasteiger partial charge in [0.1, 0.15) is 5.69 Å². The van der Waals surface area contributed by atoms with Crippen molar-refractivity contribution in [2.75, 3.05) is 5.73 Å². The molecular formula is C14H18N4OS. The molecule has 2 aromatic heterocycles. The number of aromatic nitrogens is 2. The van der Waals surface area contributed by atoms with Crippen LogP contribution in [0.25, 0.3) is 0 Å². The number of thiazole rings is 1. The molecule has 1 amide bonds. The van der Waals surface area contributed by atoms with Gasteiger partial charge in [0.25, 0.3) is 5.91 Å². The summed E-state index contributed by atoms with van der Waals surface area (Å²) < 4.78 is 0. The molecule has 3 N–H and O–H groups in total. The number of nitrogens with two attached hydrogens (primary N) is 1. The Hall–Kier alpha value is -1.95. The molecule has 0 saturated carbocycles. The van der Waals surface area contributed by atoms with Crippen LogP contribution in [0.1, 0.15) is 42.4 Å². The van der Waals surface area contributed by atoms with Gasteiger partial charge in [0.2, 0.25) is 0 Å². The lowest BCUT2D eigenvalue weighted by Crippen LogP contribution is -2.29. The van der Waals surface area contributed by atoms with Crippen molar-refractivity contribution in [2.24, 2.45) is 5.92 Å². The van der Waals surface area contributed by atoms with Crippen molar-refractivity contribution in [1.29, 1.82) is 0 Å². The Balaban J connectivity index is 2.14. The van der Waals surface area contributed by atoms with Gasteiger partial charge >= 0.3 is 0 Å². The van der Waals surface area contributed by atoms with Crippen LogP contribution in [0.4, 0.5) is 5.13 Å². The average Bonchev–Trinajstić information content (AvgIpc) is 2.85. The van der Waals surface area contributed by atoms with E-state index in [4.69, 9.17) is 5.73 Å². The molecule has 106 valence electrons. The minimum Gasteiger partial charge on any atom is -0.375 e. The molecule has 20 heavy (non-hydrogen) atoms. The summed E-state index contributed by atoms with van der Waals surface area (Å²) in [4.78, 5) is 20.3. The Labute approximate surface area is 122 Å². The monoisotopic (exact) mass is 290 g/mol. The Kier molecular flexibility index (Phi) is 4.68. The summed E-state index contributed by atoms with van der Waals surface area (Å²) in [6.07, 6.45) is 4.35. The normalized spacial score (nSPS) is 12.3. The van der Waals surface area contributed by atoms with Crippen LogP contribution in [-0.4, -0.2) is 15.9 Å². The number of amides is 1. The van der Waals surface area contributed by atoms with E-state index in [0.29, 0.717) is 16.7 Å². The van der Waals surface area contributed by atoms with Gasteiger partial charge in [-0.1, -0.05) is 19.9 Å². The van der Waals surface area contributed by atoms with E-state index in [1.54, 1.807) is 17.8 Å². The number of anilines is 1. The third kappa shape index (κ3) is 3.77. The molecule has 2 aromatic rings. The number of pyridine rings is 1. The summed E-state index contributed by atoms with van der Waals surface area (Å²) in [5, 5.41) is 5.07. The highest BCUT2D eigenvalue weighted by atomic mass is 32.1. The van der Waals surface area contributed by atoms with Crippen molar-refractivity contribution in [1.82, 2.24) is 15.3 Å². The standard InChI is InChI=1S/C14H18N4OS/c1-9(2)6-11(10-4-3-5-16-7-10)17-13(19)12-8-20-14(15)18-12/h3-5,7-9,11H,6H2,1-2H3,(H2,15,18)(H,17,19)/t11-/m1/s1. The second kappa shape index (κ2) is 6.47. The van der Waals surface area contributed by atoms with Crippen LogP contribution in [0.3, 0.4) is 0 Å². The van der Waals surface area contributed by atoms with Crippen molar-refractivity contribution in [3.63, 3.8) is 0 Å². The molecule has 0 saturated heterocycles. The summed E-state index contributed by atoms with van der Waals surface area (Å²) in [6.45, 7) is 4.24. The van der Waals surface area contributed by atoms with Crippen molar-refractivity contribution in [2.45, 2.75) is 26.3 Å². The van der Waals surface area contributed by atoms with Crippen molar-refractivity contribution in [3.05, 3.63) is 41.2 Å². The summed E-state index contributed by atoms with van der Waals surface area (Å²) in [7, 11) is 0. The first-order chi connectivity index (χ1) is 9.56. The molecule has 2 rings (SSSR count). The van der Waals surface area contributed by atoms with Gasteiger partial charge in [-0.25, -0.2) is 4.98 Å². The number of carbonyl (C=O) groups excluding carboxylic acids is 1. The molecule has 0 aromatic carbocycles. The molecule has 1 atom stereocenters. The summed E-state index contributed by atoms with van der Waals surface area (Å²) in [6, 6.07) is 3.77. The fourth-order valence-electron chi connectivity index (χ4n) is 1.96. The quantitative estimate of drug-likeness (QED) is 0.887. The topological polar surface area (TPSA) is 80.9 Å². The second-order valence-electron chi connectivity index (χ2n) is 5.01. The molecule has 0 unspecified atom stereocenters. The van der Waals surface area contributed by atoms with Crippen molar-refractivity contribution < 1.29 is 4.79 Å². The van der Waals surface area contributed by atoms with Crippen LogP contribution in [0.5, 0.6) is 0 Å². The first-order valence-electron chi connectivity index (χ1n) is 6.48. The Morgan fingerprint density at radius 2 is 2.30 bits per heavy atom. The fourth-order valence-corrected chi connectivity index (χ4v) is 2.50. The van der Waals surface area contributed by atoms with Gasteiger partial charge in [0, 0.05) is 17.8 Å². The van der Waals surface area contributed by atoms with Gasteiger partial charge in [-0.05, 0) is 24.0 Å². The van der Waals surface area contributed by atoms with Crippen LogP contribution >= 0.6 is 11.3 Å². The van der Waals surface area contributed by atoms with Crippen molar-refractivity contribution >= 4 is 22.4 Å². The number of nitrogen functional groups attached to an aromatic ring is 1. The van der Waals surface area contributed by atoms with Crippen LogP contribution < -0.4 is 11.1 Å². The highest BCUT2D eigenvalue weighted by Crippen LogP contribution is 2.21. The number of nitrogens with zero attached hydrogens (tertiary/aromatic N) is 2. The number of rotatable bonds is 5. The first-order valence-corrected chi connectivity index (χ1v) is 7.36. The van der Waals surface area contributed by atoms with Gasteiger partial charge in [0.15, 0.2) is 5.13 Å². The van der Waals surface area contributed by atoms with E-state index in [1.807, 2.05) is 12.1 Å². The van der Waals surface area contributed by atoms with E-state index in [2.05, 4.69) is 29.1 Å². The smallest absolute Gasteiger partial charge is 0.271 e. The number of hydrogen-bond acceptors (Lipinski definition) is 5. The highest BCUT2D eigenvalue weighted by Gasteiger charge is 2.18. The zero-order chi connectivity index (χ0) is 14.5. The number of carbonyl (C=O) groups is 1. The molecule has 0 aliphatic heterocycles.